The minimum atomic E-state index is -0.394. The minimum absolute atomic E-state index is 0.142. The number of piperidine rings is 1. The number of likely N-dealkylation sites (tertiary alicyclic amines) is 1. The lowest BCUT2D eigenvalue weighted by Crippen LogP contribution is -2.44. The molecule has 10 heteroatoms. The Labute approximate surface area is 201 Å². The van der Waals surface area contributed by atoms with Crippen molar-refractivity contribution in [3.63, 3.8) is 0 Å². The molecule has 1 aliphatic rings. The highest BCUT2D eigenvalue weighted by Crippen LogP contribution is 2.23. The van der Waals surface area contributed by atoms with Gasteiger partial charge in [0.2, 0.25) is 5.78 Å². The molecule has 3 rings (SSSR count). The number of nitriles is 1. The molecular weight excluding hydrogens is 580 g/mol. The highest BCUT2D eigenvalue weighted by atomic mass is 127. The summed E-state index contributed by atoms with van der Waals surface area (Å²) in [6, 6.07) is 12.8. The lowest BCUT2D eigenvalue weighted by atomic mass is 9.92. The fourth-order valence-electron chi connectivity index (χ4n) is 3.24. The van der Waals surface area contributed by atoms with Crippen LogP contribution in [0.5, 0.6) is 0 Å². The number of anilines is 2. The zero-order valence-electron chi connectivity index (χ0n) is 16.2. The van der Waals surface area contributed by atoms with Crippen molar-refractivity contribution in [2.75, 3.05) is 23.7 Å². The van der Waals surface area contributed by atoms with E-state index < -0.39 is 5.82 Å². The summed E-state index contributed by atoms with van der Waals surface area (Å²) in [6.45, 7) is 0.855. The van der Waals surface area contributed by atoms with E-state index in [0.717, 1.165) is 0 Å². The minimum Gasteiger partial charge on any atom is -0.337 e. The van der Waals surface area contributed by atoms with Gasteiger partial charge in [0.05, 0.1) is 39.0 Å². The normalized spacial score (nSPS) is 14.6. The van der Waals surface area contributed by atoms with E-state index in [0.29, 0.717) is 42.9 Å². The summed E-state index contributed by atoms with van der Waals surface area (Å²) in [5, 5.41) is 14.7. The Hall–Kier alpha value is -2.52. The SMILES string of the molecule is N#Cc1cccc(NC(=O)N2CCC(C(=O)/C(=N/I)Nc3ccc(F)c(Br)c3)CC2)c1. The second-order valence-corrected chi connectivity index (χ2v) is 8.27. The number of nitrogens with zero attached hydrogens (tertiary/aromatic N) is 3. The van der Waals surface area contributed by atoms with Crippen LogP contribution in [0.25, 0.3) is 0 Å². The summed E-state index contributed by atoms with van der Waals surface area (Å²) in [7, 11) is 0. The van der Waals surface area contributed by atoms with Crippen molar-refractivity contribution in [2.45, 2.75) is 12.8 Å². The Morgan fingerprint density at radius 2 is 1.87 bits per heavy atom. The van der Waals surface area contributed by atoms with Gasteiger partial charge in [-0.1, -0.05) is 6.07 Å². The Kier molecular flexibility index (Phi) is 7.97. The van der Waals surface area contributed by atoms with Gasteiger partial charge in [0, 0.05) is 30.4 Å². The first-order valence-corrected chi connectivity index (χ1v) is 11.2. The van der Waals surface area contributed by atoms with Gasteiger partial charge in [-0.3, -0.25) is 4.79 Å². The molecule has 0 aromatic heterocycles. The van der Waals surface area contributed by atoms with Gasteiger partial charge in [0.25, 0.3) is 0 Å². The van der Waals surface area contributed by atoms with Crippen LogP contribution < -0.4 is 10.6 Å². The number of rotatable bonds is 4. The number of urea groups is 1. The van der Waals surface area contributed by atoms with Gasteiger partial charge in [-0.2, -0.15) is 8.47 Å². The lowest BCUT2D eigenvalue weighted by molar-refractivity contribution is -0.117. The number of amides is 2. The molecule has 0 bridgehead atoms. The molecule has 1 heterocycles. The fourth-order valence-corrected chi connectivity index (χ4v) is 3.98. The molecule has 1 aliphatic heterocycles. The summed E-state index contributed by atoms with van der Waals surface area (Å²) in [5.74, 6) is -0.613. The third-order valence-corrected chi connectivity index (χ3v) is 5.99. The molecule has 0 aliphatic carbocycles. The summed E-state index contributed by atoms with van der Waals surface area (Å²) in [5.41, 5.74) is 1.57. The number of hydrogen-bond acceptors (Lipinski definition) is 4. The molecule has 160 valence electrons. The van der Waals surface area contributed by atoms with E-state index in [9.17, 15) is 14.0 Å². The molecular formula is C21H18BrFIN5O2. The molecule has 0 radical (unpaired) electrons. The lowest BCUT2D eigenvalue weighted by Gasteiger charge is -2.31. The first-order chi connectivity index (χ1) is 14.9. The van der Waals surface area contributed by atoms with Crippen molar-refractivity contribution < 1.29 is 14.0 Å². The molecule has 2 aromatic rings. The van der Waals surface area contributed by atoms with Gasteiger partial charge < -0.3 is 15.5 Å². The van der Waals surface area contributed by atoms with E-state index >= 15 is 0 Å². The quantitative estimate of drug-likeness (QED) is 0.290. The highest BCUT2D eigenvalue weighted by Gasteiger charge is 2.30. The van der Waals surface area contributed by atoms with Gasteiger partial charge in [-0.25, -0.2) is 9.18 Å². The standard InChI is InChI=1S/C21H18BrFIN5O2/c22-17-11-16(4-5-18(17)23)26-20(28-24)19(30)14-6-8-29(9-7-14)21(31)27-15-3-1-2-13(10-15)12-25/h1-5,10-11,14H,6-9H2,(H,26,28)(H,27,31). The molecule has 2 aromatic carbocycles. The number of carbonyl (C=O) groups excluding carboxylic acids is 2. The fraction of sp³-hybridized carbons (Fsp3) is 0.238. The van der Waals surface area contributed by atoms with Crippen molar-refractivity contribution in [3.8, 4) is 6.07 Å². The molecule has 0 saturated carbocycles. The molecule has 1 saturated heterocycles. The molecule has 0 atom stereocenters. The zero-order valence-corrected chi connectivity index (χ0v) is 20.0. The van der Waals surface area contributed by atoms with Crippen LogP contribution in [0.3, 0.4) is 0 Å². The van der Waals surface area contributed by atoms with Crippen molar-refractivity contribution in [3.05, 3.63) is 58.3 Å². The first kappa shape index (κ1) is 23.1. The number of hydrogen-bond donors (Lipinski definition) is 2. The van der Waals surface area contributed by atoms with Crippen molar-refractivity contribution in [2.24, 2.45) is 9.12 Å². The number of nitrogens with one attached hydrogen (secondary N) is 2. The number of carbonyl (C=O) groups is 2. The Morgan fingerprint density at radius 1 is 1.16 bits per heavy atom. The summed E-state index contributed by atoms with van der Waals surface area (Å²) < 4.78 is 17.7. The monoisotopic (exact) mass is 597 g/mol. The smallest absolute Gasteiger partial charge is 0.321 e. The predicted octanol–water partition coefficient (Wildman–Crippen LogP) is 5.13. The van der Waals surface area contributed by atoms with Crippen LogP contribution >= 0.6 is 38.8 Å². The van der Waals surface area contributed by atoms with Gasteiger partial charge in [0.15, 0.2) is 5.84 Å². The molecule has 2 amide bonds. The number of halogens is 3. The van der Waals surface area contributed by atoms with Crippen LogP contribution in [0, 0.1) is 23.1 Å². The average molecular weight is 598 g/mol. The Morgan fingerprint density at radius 3 is 2.52 bits per heavy atom. The molecule has 31 heavy (non-hydrogen) atoms. The van der Waals surface area contributed by atoms with E-state index in [2.05, 4.69) is 29.8 Å². The topological polar surface area (TPSA) is 97.6 Å². The van der Waals surface area contributed by atoms with Gasteiger partial charge >= 0.3 is 6.03 Å². The van der Waals surface area contributed by atoms with E-state index in [4.69, 9.17) is 5.26 Å². The first-order valence-electron chi connectivity index (χ1n) is 9.42. The summed E-state index contributed by atoms with van der Waals surface area (Å²) in [6.07, 6.45) is 1.02. The maximum Gasteiger partial charge on any atom is 0.321 e. The van der Waals surface area contributed by atoms with Crippen molar-refractivity contribution in [1.29, 1.82) is 5.26 Å². The van der Waals surface area contributed by atoms with Crippen molar-refractivity contribution in [1.82, 2.24) is 4.90 Å². The van der Waals surface area contributed by atoms with Crippen LogP contribution in [0.15, 0.2) is 50.1 Å². The van der Waals surface area contributed by atoms with Crippen molar-refractivity contribution >= 4 is 67.8 Å². The largest absolute Gasteiger partial charge is 0.337 e. The molecule has 0 unspecified atom stereocenters. The highest BCUT2D eigenvalue weighted by molar-refractivity contribution is 14.1. The maximum atomic E-state index is 13.4. The number of amidine groups is 1. The predicted molar refractivity (Wildman–Crippen MR) is 129 cm³/mol. The average Bonchev–Trinajstić information content (AvgIpc) is 2.79. The van der Waals surface area contributed by atoms with Crippen LogP contribution in [0.1, 0.15) is 18.4 Å². The number of benzene rings is 2. The van der Waals surface area contributed by atoms with Crippen LogP contribution in [-0.4, -0.2) is 35.6 Å². The van der Waals surface area contributed by atoms with Crippen LogP contribution in [0.2, 0.25) is 0 Å². The number of Topliss-reactive ketones (excluding diaryl/α,β-unsaturated/α-hetero) is 1. The second-order valence-electron chi connectivity index (χ2n) is 6.94. The van der Waals surface area contributed by atoms with Gasteiger partial charge in [-0.15, -0.1) is 0 Å². The van der Waals surface area contributed by atoms with Gasteiger partial charge in [0.1, 0.15) is 5.82 Å². The third kappa shape index (κ3) is 6.01. The van der Waals surface area contributed by atoms with E-state index in [-0.39, 0.29) is 28.0 Å². The van der Waals surface area contributed by atoms with Crippen LogP contribution in [0.4, 0.5) is 20.6 Å². The van der Waals surface area contributed by atoms with E-state index in [1.807, 2.05) is 6.07 Å². The number of ketones is 1. The summed E-state index contributed by atoms with van der Waals surface area (Å²) in [4.78, 5) is 27.0. The molecule has 0 spiro atoms. The summed E-state index contributed by atoms with van der Waals surface area (Å²) >= 11 is 4.88. The van der Waals surface area contributed by atoms with E-state index in [1.54, 1.807) is 58.1 Å². The van der Waals surface area contributed by atoms with Gasteiger partial charge in [-0.05, 0) is 65.2 Å². The molecule has 1 fully saturated rings. The zero-order chi connectivity index (χ0) is 22.4. The Balaban J connectivity index is 1.56. The maximum absolute atomic E-state index is 13.4. The molecule has 7 nitrogen and oxygen atoms in total. The molecule has 2 N–H and O–H groups in total. The second kappa shape index (κ2) is 10.7. The Bertz CT molecular complexity index is 1060. The van der Waals surface area contributed by atoms with Crippen LogP contribution in [-0.2, 0) is 4.79 Å². The third-order valence-electron chi connectivity index (χ3n) is 4.90. The van der Waals surface area contributed by atoms with E-state index in [1.165, 1.54) is 12.1 Å².